The van der Waals surface area contributed by atoms with Gasteiger partial charge in [-0.05, 0) is 48.3 Å². The third-order valence-corrected chi connectivity index (χ3v) is 5.23. The molecule has 1 aliphatic rings. The van der Waals surface area contributed by atoms with Gasteiger partial charge in [0.2, 0.25) is 5.91 Å². The molecule has 0 saturated carbocycles. The van der Waals surface area contributed by atoms with Crippen molar-refractivity contribution in [1.29, 1.82) is 0 Å². The fourth-order valence-electron chi connectivity index (χ4n) is 2.99. The zero-order chi connectivity index (χ0) is 20.5. The van der Waals surface area contributed by atoms with E-state index in [4.69, 9.17) is 9.15 Å². The summed E-state index contributed by atoms with van der Waals surface area (Å²) in [6.07, 6.45) is 5.68. The third-order valence-electron chi connectivity index (χ3n) is 4.59. The van der Waals surface area contributed by atoms with Crippen molar-refractivity contribution in [2.24, 2.45) is 0 Å². The maximum absolute atomic E-state index is 12.7. The predicted molar refractivity (Wildman–Crippen MR) is 112 cm³/mol. The normalized spacial score (nSPS) is 15.0. The molecule has 0 bridgehead atoms. The summed E-state index contributed by atoms with van der Waals surface area (Å²) in [5, 5.41) is 5.69. The number of hydrogen-bond acceptors (Lipinski definition) is 7. The smallest absolute Gasteiger partial charge is 0.287 e. The summed E-state index contributed by atoms with van der Waals surface area (Å²) in [6.45, 7) is 3.35. The maximum atomic E-state index is 12.7. The number of rotatable bonds is 9. The molecule has 156 valence electrons. The van der Waals surface area contributed by atoms with Gasteiger partial charge in [-0.3, -0.25) is 9.59 Å². The molecule has 29 heavy (non-hydrogen) atoms. The lowest BCUT2D eigenvalue weighted by molar-refractivity contribution is -0.123. The summed E-state index contributed by atoms with van der Waals surface area (Å²) < 4.78 is 10.5. The Morgan fingerprint density at radius 2 is 2.14 bits per heavy atom. The molecule has 9 heteroatoms. The van der Waals surface area contributed by atoms with Gasteiger partial charge < -0.3 is 24.7 Å². The van der Waals surface area contributed by atoms with Crippen LogP contribution in [0.1, 0.15) is 22.5 Å². The second kappa shape index (κ2) is 10.9. The molecular formula is C20H26N4O4S. The summed E-state index contributed by atoms with van der Waals surface area (Å²) >= 11 is 1.63. The Morgan fingerprint density at radius 3 is 2.86 bits per heavy atom. The number of amides is 2. The molecule has 0 radical (unpaired) electrons. The Kier molecular flexibility index (Phi) is 7.94. The van der Waals surface area contributed by atoms with E-state index >= 15 is 0 Å². The summed E-state index contributed by atoms with van der Waals surface area (Å²) in [6, 6.07) is 6.44. The van der Waals surface area contributed by atoms with Crippen molar-refractivity contribution in [3.05, 3.63) is 48.0 Å². The number of nitrogens with zero attached hydrogens (tertiary/aromatic N) is 2. The number of morpholine rings is 1. The number of carbonyl (C=O) groups is 2. The first kappa shape index (κ1) is 21.2. The standard InChI is InChI=1S/C20H26N4O4S/c1-29-12-5-16(23-20(26)17-3-2-9-28-17)19(25)22-14-15-4-6-21-18(13-15)24-7-10-27-11-8-24/h2-4,6,9,13,16H,5,7-8,10-12,14H2,1H3,(H,22,25)(H,23,26). The molecule has 2 amide bonds. The highest BCUT2D eigenvalue weighted by Crippen LogP contribution is 2.14. The molecule has 3 heterocycles. The van der Waals surface area contributed by atoms with Crippen molar-refractivity contribution in [3.63, 3.8) is 0 Å². The first-order chi connectivity index (χ1) is 14.2. The van der Waals surface area contributed by atoms with Crippen molar-refractivity contribution in [2.75, 3.05) is 43.2 Å². The molecular weight excluding hydrogens is 392 g/mol. The zero-order valence-corrected chi connectivity index (χ0v) is 17.2. The number of ether oxygens (including phenoxy) is 1. The first-order valence-corrected chi connectivity index (χ1v) is 11.0. The second-order valence-electron chi connectivity index (χ2n) is 6.62. The summed E-state index contributed by atoms with van der Waals surface area (Å²) in [5.74, 6) is 1.22. The lowest BCUT2D eigenvalue weighted by Gasteiger charge is -2.28. The van der Waals surface area contributed by atoms with Crippen LogP contribution in [0.4, 0.5) is 5.82 Å². The van der Waals surface area contributed by atoms with Gasteiger partial charge in [-0.25, -0.2) is 4.98 Å². The van der Waals surface area contributed by atoms with Crippen molar-refractivity contribution < 1.29 is 18.7 Å². The van der Waals surface area contributed by atoms with E-state index in [1.807, 2.05) is 18.4 Å². The first-order valence-electron chi connectivity index (χ1n) is 9.56. The fraction of sp³-hybridized carbons (Fsp3) is 0.450. The van der Waals surface area contributed by atoms with Gasteiger partial charge in [0.1, 0.15) is 11.9 Å². The topological polar surface area (TPSA) is 96.7 Å². The quantitative estimate of drug-likeness (QED) is 0.639. The molecule has 1 fully saturated rings. The van der Waals surface area contributed by atoms with E-state index in [1.165, 1.54) is 6.26 Å². The van der Waals surface area contributed by atoms with E-state index < -0.39 is 11.9 Å². The number of thioether (sulfide) groups is 1. The number of anilines is 1. The van der Waals surface area contributed by atoms with Gasteiger partial charge in [0.25, 0.3) is 5.91 Å². The van der Waals surface area contributed by atoms with Gasteiger partial charge in [0.15, 0.2) is 5.76 Å². The third kappa shape index (κ3) is 6.23. The summed E-state index contributed by atoms with van der Waals surface area (Å²) in [5.41, 5.74) is 0.954. The highest BCUT2D eigenvalue weighted by Gasteiger charge is 2.22. The Morgan fingerprint density at radius 1 is 1.31 bits per heavy atom. The van der Waals surface area contributed by atoms with Gasteiger partial charge in [0.05, 0.1) is 19.5 Å². The fourth-order valence-corrected chi connectivity index (χ4v) is 3.46. The Labute approximate surface area is 174 Å². The van der Waals surface area contributed by atoms with E-state index in [2.05, 4.69) is 20.5 Å². The average molecular weight is 419 g/mol. The minimum atomic E-state index is -0.624. The minimum Gasteiger partial charge on any atom is -0.459 e. The average Bonchev–Trinajstić information content (AvgIpc) is 3.31. The van der Waals surface area contributed by atoms with Crippen LogP contribution in [0.2, 0.25) is 0 Å². The SMILES string of the molecule is CSCCC(NC(=O)c1ccco1)C(=O)NCc1ccnc(N2CCOCC2)c1. The zero-order valence-electron chi connectivity index (χ0n) is 16.4. The number of nitrogens with one attached hydrogen (secondary N) is 2. The monoisotopic (exact) mass is 418 g/mol. The summed E-state index contributed by atoms with van der Waals surface area (Å²) in [7, 11) is 0. The molecule has 1 aliphatic heterocycles. The van der Waals surface area contributed by atoms with E-state index in [9.17, 15) is 9.59 Å². The summed E-state index contributed by atoms with van der Waals surface area (Å²) in [4.78, 5) is 31.6. The van der Waals surface area contributed by atoms with Crippen LogP contribution in [0, 0.1) is 0 Å². The van der Waals surface area contributed by atoms with Crippen LogP contribution in [0.5, 0.6) is 0 Å². The van der Waals surface area contributed by atoms with Gasteiger partial charge in [0, 0.05) is 25.8 Å². The van der Waals surface area contributed by atoms with Crippen molar-refractivity contribution >= 4 is 29.4 Å². The Bertz CT molecular complexity index is 794. The molecule has 0 aromatic carbocycles. The highest BCUT2D eigenvalue weighted by molar-refractivity contribution is 7.98. The molecule has 1 unspecified atom stereocenters. The number of pyridine rings is 1. The van der Waals surface area contributed by atoms with Crippen molar-refractivity contribution in [1.82, 2.24) is 15.6 Å². The highest BCUT2D eigenvalue weighted by atomic mass is 32.2. The number of hydrogen-bond donors (Lipinski definition) is 2. The number of carbonyl (C=O) groups excluding carboxylic acids is 2. The number of aromatic nitrogens is 1. The van der Waals surface area contributed by atoms with Gasteiger partial charge in [-0.15, -0.1) is 0 Å². The van der Waals surface area contributed by atoms with Gasteiger partial charge in [-0.1, -0.05) is 0 Å². The number of furan rings is 1. The Balaban J connectivity index is 1.58. The van der Waals surface area contributed by atoms with E-state index in [0.717, 1.165) is 30.2 Å². The largest absolute Gasteiger partial charge is 0.459 e. The molecule has 3 rings (SSSR count). The van der Waals surface area contributed by atoms with Crippen LogP contribution in [0.25, 0.3) is 0 Å². The predicted octanol–water partition coefficient (Wildman–Crippen LogP) is 1.68. The molecule has 2 aromatic rings. The molecule has 1 atom stereocenters. The molecule has 2 N–H and O–H groups in total. The lowest BCUT2D eigenvalue weighted by atomic mass is 10.2. The van der Waals surface area contributed by atoms with Crippen LogP contribution in [0.3, 0.4) is 0 Å². The minimum absolute atomic E-state index is 0.191. The van der Waals surface area contributed by atoms with E-state index in [-0.39, 0.29) is 11.7 Å². The van der Waals surface area contributed by atoms with E-state index in [1.54, 1.807) is 30.1 Å². The van der Waals surface area contributed by atoms with Crippen LogP contribution in [-0.2, 0) is 16.1 Å². The van der Waals surface area contributed by atoms with Crippen molar-refractivity contribution in [2.45, 2.75) is 19.0 Å². The van der Waals surface area contributed by atoms with Crippen LogP contribution in [0.15, 0.2) is 41.1 Å². The maximum Gasteiger partial charge on any atom is 0.287 e. The molecule has 2 aromatic heterocycles. The van der Waals surface area contributed by atoms with Crippen molar-refractivity contribution in [3.8, 4) is 0 Å². The molecule has 8 nitrogen and oxygen atoms in total. The molecule has 0 spiro atoms. The molecule has 0 aliphatic carbocycles. The lowest BCUT2D eigenvalue weighted by Crippen LogP contribution is -2.46. The van der Waals surface area contributed by atoms with E-state index in [0.29, 0.717) is 26.2 Å². The second-order valence-corrected chi connectivity index (χ2v) is 7.61. The van der Waals surface area contributed by atoms with Crippen LogP contribution < -0.4 is 15.5 Å². The van der Waals surface area contributed by atoms with Gasteiger partial charge >= 0.3 is 0 Å². The van der Waals surface area contributed by atoms with Crippen LogP contribution >= 0.6 is 11.8 Å². The molecule has 1 saturated heterocycles. The van der Waals surface area contributed by atoms with Crippen LogP contribution in [-0.4, -0.2) is 61.2 Å². The van der Waals surface area contributed by atoms with Gasteiger partial charge in [-0.2, -0.15) is 11.8 Å². The Hall–Kier alpha value is -2.52.